The average molecular weight is 475 g/mol. The molecule has 0 spiro atoms. The molecular weight excluding hydrogens is 451 g/mol. The third-order valence-electron chi connectivity index (χ3n) is 5.74. The van der Waals surface area contributed by atoms with Crippen LogP contribution >= 0.6 is 23.2 Å². The number of benzene rings is 2. The largest absolute Gasteiger partial charge is 0.349 e. The lowest BCUT2D eigenvalue weighted by molar-refractivity contribution is -0.142. The molecule has 2 aliphatic rings. The molecule has 9 heteroatoms. The maximum Gasteiger partial charge on any atom is 0.264 e. The zero-order valence-corrected chi connectivity index (χ0v) is 18.9. The van der Waals surface area contributed by atoms with Crippen LogP contribution in [0.15, 0.2) is 42.5 Å². The van der Waals surface area contributed by atoms with Gasteiger partial charge in [0.25, 0.3) is 11.8 Å². The molecule has 2 aromatic rings. The molecule has 0 aromatic heterocycles. The van der Waals surface area contributed by atoms with Gasteiger partial charge in [0.15, 0.2) is 6.17 Å². The molecule has 1 aliphatic carbocycles. The number of hydrogen-bond acceptors (Lipinski definition) is 4. The van der Waals surface area contributed by atoms with Gasteiger partial charge >= 0.3 is 0 Å². The van der Waals surface area contributed by atoms with E-state index in [0.29, 0.717) is 23.7 Å². The molecule has 7 nitrogen and oxygen atoms in total. The molecule has 1 heterocycles. The summed E-state index contributed by atoms with van der Waals surface area (Å²) in [5.41, 5.74) is 7.86. The normalized spacial score (nSPS) is 18.0. The molecule has 1 aliphatic heterocycles. The molecule has 1 saturated heterocycles. The SMILES string of the molecule is NCc1cccc(CNC(=O)C2N(C(=O)c3ccc(Cl)c(Cl)c3)CCN2C(=O)C2CC2)c1. The monoisotopic (exact) mass is 474 g/mol. The number of halogens is 2. The van der Waals surface area contributed by atoms with Gasteiger partial charge in [0.1, 0.15) is 0 Å². The van der Waals surface area contributed by atoms with E-state index in [4.69, 9.17) is 28.9 Å². The maximum atomic E-state index is 13.2. The molecule has 1 unspecified atom stereocenters. The Morgan fingerprint density at radius 2 is 1.69 bits per heavy atom. The van der Waals surface area contributed by atoms with Crippen LogP contribution in [0.2, 0.25) is 10.0 Å². The minimum absolute atomic E-state index is 0.0634. The predicted octanol–water partition coefficient (Wildman–Crippen LogP) is 2.79. The summed E-state index contributed by atoms with van der Waals surface area (Å²) >= 11 is 12.0. The summed E-state index contributed by atoms with van der Waals surface area (Å²) in [6.07, 6.45) is 0.620. The Balaban J connectivity index is 1.55. The Kier molecular flexibility index (Phi) is 6.69. The highest BCUT2D eigenvalue weighted by Crippen LogP contribution is 2.33. The first kappa shape index (κ1) is 22.6. The highest BCUT2D eigenvalue weighted by Gasteiger charge is 2.46. The van der Waals surface area contributed by atoms with Crippen LogP contribution in [0.5, 0.6) is 0 Å². The van der Waals surface area contributed by atoms with E-state index in [1.54, 1.807) is 12.1 Å². The predicted molar refractivity (Wildman–Crippen MR) is 122 cm³/mol. The van der Waals surface area contributed by atoms with Crippen LogP contribution in [0.1, 0.15) is 34.3 Å². The van der Waals surface area contributed by atoms with Crippen LogP contribution in [0, 0.1) is 5.92 Å². The van der Waals surface area contributed by atoms with Crippen LogP contribution < -0.4 is 11.1 Å². The fraction of sp³-hybridized carbons (Fsp3) is 0.348. The number of hydrogen-bond donors (Lipinski definition) is 2. The first-order valence-corrected chi connectivity index (χ1v) is 11.3. The van der Waals surface area contributed by atoms with Crippen molar-refractivity contribution in [3.63, 3.8) is 0 Å². The first-order chi connectivity index (χ1) is 15.4. The lowest BCUT2D eigenvalue weighted by Gasteiger charge is -2.29. The van der Waals surface area contributed by atoms with Gasteiger partial charge in [-0.05, 0) is 42.2 Å². The third kappa shape index (κ3) is 4.75. The summed E-state index contributed by atoms with van der Waals surface area (Å²) < 4.78 is 0. The van der Waals surface area contributed by atoms with Crippen LogP contribution in [0.4, 0.5) is 0 Å². The maximum absolute atomic E-state index is 13.2. The smallest absolute Gasteiger partial charge is 0.264 e. The van der Waals surface area contributed by atoms with Gasteiger partial charge in [0.05, 0.1) is 10.0 Å². The lowest BCUT2D eigenvalue weighted by Crippen LogP contribution is -2.54. The highest BCUT2D eigenvalue weighted by atomic mass is 35.5. The molecular formula is C23H24Cl2N4O3. The fourth-order valence-electron chi connectivity index (χ4n) is 3.86. The third-order valence-corrected chi connectivity index (χ3v) is 6.48. The van der Waals surface area contributed by atoms with Gasteiger partial charge in [-0.2, -0.15) is 0 Å². The fourth-order valence-corrected chi connectivity index (χ4v) is 4.16. The minimum atomic E-state index is -1.01. The van der Waals surface area contributed by atoms with Crippen LogP contribution in [-0.4, -0.2) is 46.8 Å². The van der Waals surface area contributed by atoms with Gasteiger partial charge in [0, 0.05) is 37.7 Å². The molecule has 32 heavy (non-hydrogen) atoms. The van der Waals surface area contributed by atoms with Gasteiger partial charge in [-0.3, -0.25) is 14.4 Å². The van der Waals surface area contributed by atoms with Crippen molar-refractivity contribution in [1.29, 1.82) is 0 Å². The molecule has 1 atom stereocenters. The zero-order valence-electron chi connectivity index (χ0n) is 17.4. The Bertz CT molecular complexity index is 1060. The van der Waals surface area contributed by atoms with E-state index in [9.17, 15) is 14.4 Å². The minimum Gasteiger partial charge on any atom is -0.349 e. The molecule has 2 aromatic carbocycles. The zero-order chi connectivity index (χ0) is 22.8. The number of rotatable bonds is 6. The number of nitrogens with two attached hydrogens (primary N) is 1. The van der Waals surface area contributed by atoms with E-state index in [1.807, 2.05) is 24.3 Å². The number of nitrogens with zero attached hydrogens (tertiary/aromatic N) is 2. The van der Waals surface area contributed by atoms with Crippen LogP contribution in [0.3, 0.4) is 0 Å². The molecule has 1 saturated carbocycles. The summed E-state index contributed by atoms with van der Waals surface area (Å²) in [6.45, 7) is 1.24. The molecule has 3 N–H and O–H groups in total. The van der Waals surface area contributed by atoms with Crippen molar-refractivity contribution in [2.75, 3.05) is 13.1 Å². The highest BCUT2D eigenvalue weighted by molar-refractivity contribution is 6.42. The number of carbonyl (C=O) groups is 3. The molecule has 168 valence electrons. The van der Waals surface area contributed by atoms with Crippen molar-refractivity contribution >= 4 is 40.9 Å². The summed E-state index contributed by atoms with van der Waals surface area (Å²) in [4.78, 5) is 42.2. The van der Waals surface area contributed by atoms with Crippen molar-refractivity contribution in [3.05, 3.63) is 69.2 Å². The molecule has 3 amide bonds. The second kappa shape index (κ2) is 9.48. The number of carbonyl (C=O) groups excluding carboxylic acids is 3. The van der Waals surface area contributed by atoms with Crippen molar-refractivity contribution in [3.8, 4) is 0 Å². The standard InChI is InChI=1S/C23H24Cl2N4O3/c24-18-7-6-17(11-19(18)25)23(32)29-9-8-28(22(31)16-4-5-16)21(29)20(30)27-13-15-3-1-2-14(10-15)12-26/h1-3,6-7,10-11,16,21H,4-5,8-9,12-13,26H2,(H,27,30). The number of amides is 3. The van der Waals surface area contributed by atoms with Gasteiger partial charge in [-0.15, -0.1) is 0 Å². The van der Waals surface area contributed by atoms with E-state index < -0.39 is 12.1 Å². The van der Waals surface area contributed by atoms with E-state index in [0.717, 1.165) is 24.0 Å². The van der Waals surface area contributed by atoms with Crippen LogP contribution in [0.25, 0.3) is 0 Å². The average Bonchev–Trinajstić information content (AvgIpc) is 3.56. The van der Waals surface area contributed by atoms with E-state index in [-0.39, 0.29) is 35.8 Å². The van der Waals surface area contributed by atoms with Crippen molar-refractivity contribution in [2.45, 2.75) is 32.1 Å². The quantitative estimate of drug-likeness (QED) is 0.672. The lowest BCUT2D eigenvalue weighted by atomic mass is 10.1. The van der Waals surface area contributed by atoms with Gasteiger partial charge < -0.3 is 20.9 Å². The Morgan fingerprint density at radius 3 is 2.38 bits per heavy atom. The van der Waals surface area contributed by atoms with Crippen molar-refractivity contribution in [2.24, 2.45) is 11.7 Å². The van der Waals surface area contributed by atoms with E-state index in [2.05, 4.69) is 5.32 Å². The number of nitrogens with one attached hydrogen (secondary N) is 1. The molecule has 4 rings (SSSR count). The van der Waals surface area contributed by atoms with E-state index in [1.165, 1.54) is 15.9 Å². The first-order valence-electron chi connectivity index (χ1n) is 10.5. The molecule has 2 fully saturated rings. The summed E-state index contributed by atoms with van der Waals surface area (Å²) in [5.74, 6) is -0.922. The molecule has 0 bridgehead atoms. The van der Waals surface area contributed by atoms with Gasteiger partial charge in [-0.1, -0.05) is 47.5 Å². The Hall–Kier alpha value is -2.61. The second-order valence-electron chi connectivity index (χ2n) is 8.05. The topological polar surface area (TPSA) is 95.7 Å². The van der Waals surface area contributed by atoms with Crippen LogP contribution in [-0.2, 0) is 22.7 Å². The molecule has 0 radical (unpaired) electrons. The Labute approximate surface area is 196 Å². The summed E-state index contributed by atoms with van der Waals surface area (Å²) in [6, 6.07) is 12.2. The van der Waals surface area contributed by atoms with Gasteiger partial charge in [-0.25, -0.2) is 0 Å². The summed E-state index contributed by atoms with van der Waals surface area (Å²) in [7, 11) is 0. The summed E-state index contributed by atoms with van der Waals surface area (Å²) in [5, 5.41) is 3.47. The van der Waals surface area contributed by atoms with Crippen molar-refractivity contribution in [1.82, 2.24) is 15.1 Å². The Morgan fingerprint density at radius 1 is 0.969 bits per heavy atom. The van der Waals surface area contributed by atoms with E-state index >= 15 is 0 Å². The van der Waals surface area contributed by atoms with Gasteiger partial charge in [0.2, 0.25) is 5.91 Å². The second-order valence-corrected chi connectivity index (χ2v) is 8.86. The van der Waals surface area contributed by atoms with Crippen molar-refractivity contribution < 1.29 is 14.4 Å².